The standard InChI is InChI=1S/C15H19N3OS/c1-3-13-9-17-15(20-13)11(2)18-14(19)10-16-12-7-5-4-6-8-12/h4-9,11,16H,3,10H2,1-2H3,(H,18,19). The Labute approximate surface area is 123 Å². The predicted octanol–water partition coefficient (Wildman–Crippen LogP) is 2.99. The van der Waals surface area contributed by atoms with Crippen LogP contribution in [0.1, 0.15) is 29.8 Å². The predicted molar refractivity (Wildman–Crippen MR) is 83.0 cm³/mol. The van der Waals surface area contributed by atoms with Crippen molar-refractivity contribution in [2.45, 2.75) is 26.3 Å². The molecular weight excluding hydrogens is 270 g/mol. The van der Waals surface area contributed by atoms with Crippen molar-refractivity contribution in [3.63, 3.8) is 0 Å². The number of carbonyl (C=O) groups is 1. The van der Waals surface area contributed by atoms with Crippen LogP contribution >= 0.6 is 11.3 Å². The highest BCUT2D eigenvalue weighted by Crippen LogP contribution is 2.20. The lowest BCUT2D eigenvalue weighted by molar-refractivity contribution is -0.120. The number of nitrogens with one attached hydrogen (secondary N) is 2. The largest absolute Gasteiger partial charge is 0.376 e. The van der Waals surface area contributed by atoms with Crippen LogP contribution in [0.25, 0.3) is 0 Å². The molecule has 2 rings (SSSR count). The Morgan fingerprint density at radius 3 is 2.75 bits per heavy atom. The maximum atomic E-state index is 11.9. The average Bonchev–Trinajstić information content (AvgIpc) is 2.95. The molecule has 20 heavy (non-hydrogen) atoms. The van der Waals surface area contributed by atoms with Gasteiger partial charge in [-0.2, -0.15) is 0 Å². The molecule has 2 aromatic rings. The molecule has 0 bridgehead atoms. The summed E-state index contributed by atoms with van der Waals surface area (Å²) in [5.41, 5.74) is 0.942. The fraction of sp³-hybridized carbons (Fsp3) is 0.333. The molecule has 0 fully saturated rings. The molecule has 5 heteroatoms. The minimum atomic E-state index is -0.0506. The van der Waals surface area contributed by atoms with Crippen molar-refractivity contribution in [3.05, 3.63) is 46.4 Å². The topological polar surface area (TPSA) is 54.0 Å². The summed E-state index contributed by atoms with van der Waals surface area (Å²) in [6.07, 6.45) is 2.86. The molecule has 2 N–H and O–H groups in total. The molecule has 0 aliphatic heterocycles. The number of benzene rings is 1. The highest BCUT2D eigenvalue weighted by atomic mass is 32.1. The van der Waals surface area contributed by atoms with Gasteiger partial charge in [0.15, 0.2) is 0 Å². The van der Waals surface area contributed by atoms with E-state index in [1.54, 1.807) is 11.3 Å². The zero-order valence-corrected chi connectivity index (χ0v) is 12.5. The van der Waals surface area contributed by atoms with Crippen LogP contribution in [0.2, 0.25) is 0 Å². The van der Waals surface area contributed by atoms with E-state index in [1.165, 1.54) is 4.88 Å². The van der Waals surface area contributed by atoms with Crippen LogP contribution in [-0.4, -0.2) is 17.4 Å². The highest BCUT2D eigenvalue weighted by molar-refractivity contribution is 7.11. The quantitative estimate of drug-likeness (QED) is 0.859. The van der Waals surface area contributed by atoms with Gasteiger partial charge in [0.1, 0.15) is 5.01 Å². The van der Waals surface area contributed by atoms with E-state index < -0.39 is 0 Å². The molecule has 0 aliphatic rings. The Bertz CT molecular complexity index is 553. The van der Waals surface area contributed by atoms with Crippen LogP contribution in [0.5, 0.6) is 0 Å². The van der Waals surface area contributed by atoms with Gasteiger partial charge in [-0.1, -0.05) is 25.1 Å². The first-order chi connectivity index (χ1) is 9.69. The van der Waals surface area contributed by atoms with E-state index in [2.05, 4.69) is 22.5 Å². The molecule has 0 saturated heterocycles. The number of amides is 1. The smallest absolute Gasteiger partial charge is 0.239 e. The van der Waals surface area contributed by atoms with Crippen LogP contribution in [-0.2, 0) is 11.2 Å². The van der Waals surface area contributed by atoms with Crippen molar-refractivity contribution in [3.8, 4) is 0 Å². The molecule has 0 saturated carbocycles. The van der Waals surface area contributed by atoms with Gasteiger partial charge < -0.3 is 10.6 Å². The number of rotatable bonds is 6. The second-order valence-electron chi connectivity index (χ2n) is 4.53. The van der Waals surface area contributed by atoms with E-state index in [9.17, 15) is 4.79 Å². The van der Waals surface area contributed by atoms with Gasteiger partial charge in [-0.05, 0) is 25.5 Å². The maximum Gasteiger partial charge on any atom is 0.239 e. The fourth-order valence-electron chi connectivity index (χ4n) is 1.78. The Balaban J connectivity index is 1.82. The van der Waals surface area contributed by atoms with Gasteiger partial charge in [0.25, 0.3) is 0 Å². The number of thiazole rings is 1. The summed E-state index contributed by atoms with van der Waals surface area (Å²) in [5, 5.41) is 6.99. The second-order valence-corrected chi connectivity index (χ2v) is 5.67. The monoisotopic (exact) mass is 289 g/mol. The third-order valence-electron chi connectivity index (χ3n) is 2.89. The molecule has 0 radical (unpaired) electrons. The van der Waals surface area contributed by atoms with Gasteiger partial charge in [0.05, 0.1) is 12.6 Å². The summed E-state index contributed by atoms with van der Waals surface area (Å²) in [6, 6.07) is 9.64. The number of nitrogens with zero attached hydrogens (tertiary/aromatic N) is 1. The number of hydrogen-bond acceptors (Lipinski definition) is 4. The summed E-state index contributed by atoms with van der Waals surface area (Å²) < 4.78 is 0. The van der Waals surface area contributed by atoms with Gasteiger partial charge in [-0.25, -0.2) is 4.98 Å². The third kappa shape index (κ3) is 4.06. The Kier molecular flexibility index (Phi) is 5.12. The zero-order chi connectivity index (χ0) is 14.4. The van der Waals surface area contributed by atoms with Crippen molar-refractivity contribution >= 4 is 22.9 Å². The van der Waals surface area contributed by atoms with E-state index in [1.807, 2.05) is 43.5 Å². The van der Waals surface area contributed by atoms with Crippen LogP contribution in [0.4, 0.5) is 5.69 Å². The summed E-state index contributed by atoms with van der Waals surface area (Å²) in [5.74, 6) is -0.0328. The molecule has 0 spiro atoms. The van der Waals surface area contributed by atoms with Gasteiger partial charge >= 0.3 is 0 Å². The minimum Gasteiger partial charge on any atom is -0.376 e. The molecule has 1 amide bonds. The lowest BCUT2D eigenvalue weighted by Gasteiger charge is -2.12. The summed E-state index contributed by atoms with van der Waals surface area (Å²) >= 11 is 1.65. The molecule has 106 valence electrons. The normalized spacial score (nSPS) is 11.9. The van der Waals surface area contributed by atoms with E-state index in [0.29, 0.717) is 0 Å². The Morgan fingerprint density at radius 1 is 1.35 bits per heavy atom. The second kappa shape index (κ2) is 7.05. The summed E-state index contributed by atoms with van der Waals surface area (Å²) in [4.78, 5) is 17.5. The molecular formula is C15H19N3OS. The lowest BCUT2D eigenvalue weighted by atomic mass is 10.3. The van der Waals surface area contributed by atoms with Gasteiger partial charge in [0.2, 0.25) is 5.91 Å². The van der Waals surface area contributed by atoms with E-state index in [4.69, 9.17) is 0 Å². The van der Waals surface area contributed by atoms with Crippen molar-refractivity contribution < 1.29 is 4.79 Å². The van der Waals surface area contributed by atoms with Crippen LogP contribution in [0.15, 0.2) is 36.5 Å². The Morgan fingerprint density at radius 2 is 2.10 bits per heavy atom. The van der Waals surface area contributed by atoms with Crippen molar-refractivity contribution in [1.29, 1.82) is 0 Å². The number of para-hydroxylation sites is 1. The Hall–Kier alpha value is -1.88. The zero-order valence-electron chi connectivity index (χ0n) is 11.7. The molecule has 0 aliphatic carbocycles. The first-order valence-corrected chi connectivity index (χ1v) is 7.53. The van der Waals surface area contributed by atoms with E-state index >= 15 is 0 Å². The number of aromatic nitrogens is 1. The number of hydrogen-bond donors (Lipinski definition) is 2. The van der Waals surface area contributed by atoms with Gasteiger partial charge in [-0.15, -0.1) is 11.3 Å². The summed E-state index contributed by atoms with van der Waals surface area (Å²) in [6.45, 7) is 4.32. The van der Waals surface area contributed by atoms with Crippen molar-refractivity contribution in [1.82, 2.24) is 10.3 Å². The molecule has 1 aromatic heterocycles. The number of aryl methyl sites for hydroxylation is 1. The third-order valence-corrected chi connectivity index (χ3v) is 4.22. The molecule has 1 aromatic carbocycles. The number of carbonyl (C=O) groups excluding carboxylic acids is 1. The molecule has 1 heterocycles. The highest BCUT2D eigenvalue weighted by Gasteiger charge is 2.12. The van der Waals surface area contributed by atoms with E-state index in [-0.39, 0.29) is 18.5 Å². The first-order valence-electron chi connectivity index (χ1n) is 6.72. The molecule has 1 atom stereocenters. The van der Waals surface area contributed by atoms with Gasteiger partial charge in [-0.3, -0.25) is 4.79 Å². The molecule has 4 nitrogen and oxygen atoms in total. The lowest BCUT2D eigenvalue weighted by Crippen LogP contribution is -2.32. The summed E-state index contributed by atoms with van der Waals surface area (Å²) in [7, 11) is 0. The van der Waals surface area contributed by atoms with Crippen LogP contribution < -0.4 is 10.6 Å². The van der Waals surface area contributed by atoms with Crippen LogP contribution in [0.3, 0.4) is 0 Å². The maximum absolute atomic E-state index is 11.9. The van der Waals surface area contributed by atoms with Crippen LogP contribution in [0, 0.1) is 0 Å². The molecule has 1 unspecified atom stereocenters. The number of anilines is 1. The van der Waals surface area contributed by atoms with Crippen molar-refractivity contribution in [2.24, 2.45) is 0 Å². The fourth-order valence-corrected chi connectivity index (χ4v) is 2.64. The minimum absolute atomic E-state index is 0.0328. The van der Waals surface area contributed by atoms with Crippen molar-refractivity contribution in [2.75, 3.05) is 11.9 Å². The first kappa shape index (κ1) is 14.5. The average molecular weight is 289 g/mol. The SMILES string of the molecule is CCc1cnc(C(C)NC(=O)CNc2ccccc2)s1. The van der Waals surface area contributed by atoms with Gasteiger partial charge in [0, 0.05) is 16.8 Å². The van der Waals surface area contributed by atoms with E-state index in [0.717, 1.165) is 17.1 Å².